The molecular formula is C15H9ClFN3OS. The Morgan fingerprint density at radius 1 is 1.09 bits per heavy atom. The van der Waals surface area contributed by atoms with Crippen molar-refractivity contribution in [2.24, 2.45) is 0 Å². The molecule has 0 atom stereocenters. The van der Waals surface area contributed by atoms with Crippen molar-refractivity contribution in [3.05, 3.63) is 64.9 Å². The highest BCUT2D eigenvalue weighted by atomic mass is 35.5. The number of anilines is 1. The van der Waals surface area contributed by atoms with Crippen molar-refractivity contribution in [1.29, 1.82) is 0 Å². The van der Waals surface area contributed by atoms with E-state index in [1.165, 1.54) is 6.07 Å². The van der Waals surface area contributed by atoms with Crippen LogP contribution in [0, 0.1) is 5.82 Å². The molecule has 110 valence electrons. The molecule has 1 aromatic heterocycles. The Kier molecular flexibility index (Phi) is 4.13. The summed E-state index contributed by atoms with van der Waals surface area (Å²) in [5.74, 6) is -0.774. The van der Waals surface area contributed by atoms with Crippen molar-refractivity contribution in [1.82, 2.24) is 10.2 Å². The lowest BCUT2D eigenvalue weighted by Gasteiger charge is -2.02. The van der Waals surface area contributed by atoms with E-state index in [9.17, 15) is 9.18 Å². The Bertz CT molecular complexity index is 837. The number of carbonyl (C=O) groups is 1. The third-order valence-corrected chi connectivity index (χ3v) is 4.07. The van der Waals surface area contributed by atoms with Crippen molar-refractivity contribution in [3.8, 4) is 10.6 Å². The van der Waals surface area contributed by atoms with Crippen LogP contribution in [0.3, 0.4) is 0 Å². The van der Waals surface area contributed by atoms with E-state index in [0.717, 1.165) is 11.3 Å². The number of nitrogens with zero attached hydrogens (tertiary/aromatic N) is 2. The van der Waals surface area contributed by atoms with Crippen molar-refractivity contribution in [2.45, 2.75) is 0 Å². The number of hydrogen-bond donors (Lipinski definition) is 1. The number of hydrogen-bond acceptors (Lipinski definition) is 4. The minimum atomic E-state index is -0.387. The summed E-state index contributed by atoms with van der Waals surface area (Å²) in [6, 6.07) is 12.9. The predicted molar refractivity (Wildman–Crippen MR) is 84.7 cm³/mol. The van der Waals surface area contributed by atoms with Crippen LogP contribution in [-0.2, 0) is 0 Å². The number of benzene rings is 2. The summed E-state index contributed by atoms with van der Waals surface area (Å²) in [6.45, 7) is 0. The van der Waals surface area contributed by atoms with Crippen LogP contribution >= 0.6 is 22.9 Å². The molecule has 1 amide bonds. The maximum absolute atomic E-state index is 13.7. The Hall–Kier alpha value is -2.31. The molecular weight excluding hydrogens is 325 g/mol. The summed E-state index contributed by atoms with van der Waals surface area (Å²) in [6.07, 6.45) is 0. The fourth-order valence-corrected chi connectivity index (χ4v) is 2.81. The van der Waals surface area contributed by atoms with Gasteiger partial charge in [-0.3, -0.25) is 10.1 Å². The van der Waals surface area contributed by atoms with Crippen LogP contribution in [0.5, 0.6) is 0 Å². The summed E-state index contributed by atoms with van der Waals surface area (Å²) in [5, 5.41) is 11.4. The van der Waals surface area contributed by atoms with E-state index in [4.69, 9.17) is 11.6 Å². The number of carbonyl (C=O) groups excluding carboxylic acids is 1. The van der Waals surface area contributed by atoms with Gasteiger partial charge in [0.15, 0.2) is 5.01 Å². The first kappa shape index (κ1) is 14.6. The second-order valence-electron chi connectivity index (χ2n) is 4.33. The Balaban J connectivity index is 1.82. The van der Waals surface area contributed by atoms with Crippen LogP contribution in [-0.4, -0.2) is 16.1 Å². The Morgan fingerprint density at radius 3 is 2.59 bits per heavy atom. The van der Waals surface area contributed by atoms with Crippen LogP contribution < -0.4 is 5.32 Å². The molecule has 0 aliphatic carbocycles. The monoisotopic (exact) mass is 333 g/mol. The van der Waals surface area contributed by atoms with Gasteiger partial charge in [-0.2, -0.15) is 0 Å². The maximum atomic E-state index is 13.7. The third kappa shape index (κ3) is 2.98. The molecule has 4 nitrogen and oxygen atoms in total. The molecule has 0 bridgehead atoms. The van der Waals surface area contributed by atoms with Crippen LogP contribution in [0.4, 0.5) is 9.52 Å². The van der Waals surface area contributed by atoms with Crippen molar-refractivity contribution in [2.75, 3.05) is 5.32 Å². The van der Waals surface area contributed by atoms with Gasteiger partial charge in [-0.25, -0.2) is 4.39 Å². The molecule has 0 spiro atoms. The Morgan fingerprint density at radius 2 is 1.82 bits per heavy atom. The van der Waals surface area contributed by atoms with Crippen molar-refractivity contribution < 1.29 is 9.18 Å². The van der Waals surface area contributed by atoms with E-state index in [2.05, 4.69) is 15.5 Å². The molecule has 7 heteroatoms. The maximum Gasteiger partial charge on any atom is 0.259 e. The van der Waals surface area contributed by atoms with Gasteiger partial charge in [0.2, 0.25) is 5.13 Å². The lowest BCUT2D eigenvalue weighted by Crippen LogP contribution is -2.12. The van der Waals surface area contributed by atoms with Gasteiger partial charge < -0.3 is 0 Å². The second-order valence-corrected chi connectivity index (χ2v) is 5.71. The highest BCUT2D eigenvalue weighted by Crippen LogP contribution is 2.28. The number of rotatable bonds is 3. The molecule has 0 aliphatic heterocycles. The van der Waals surface area contributed by atoms with Gasteiger partial charge >= 0.3 is 0 Å². The first-order valence-electron chi connectivity index (χ1n) is 6.29. The molecule has 1 N–H and O–H groups in total. The van der Waals surface area contributed by atoms with E-state index in [1.807, 2.05) is 0 Å². The average Bonchev–Trinajstić information content (AvgIpc) is 2.96. The molecule has 0 saturated heterocycles. The quantitative estimate of drug-likeness (QED) is 0.779. The Labute approximate surface area is 134 Å². The zero-order chi connectivity index (χ0) is 15.5. The lowest BCUT2D eigenvalue weighted by molar-refractivity contribution is 0.102. The van der Waals surface area contributed by atoms with Crippen molar-refractivity contribution in [3.63, 3.8) is 0 Å². The topological polar surface area (TPSA) is 54.9 Å². The summed E-state index contributed by atoms with van der Waals surface area (Å²) in [7, 11) is 0. The van der Waals surface area contributed by atoms with Crippen molar-refractivity contribution >= 4 is 34.0 Å². The van der Waals surface area contributed by atoms with Gasteiger partial charge in [-0.1, -0.05) is 47.2 Å². The predicted octanol–water partition coefficient (Wildman–Crippen LogP) is 4.25. The zero-order valence-corrected chi connectivity index (χ0v) is 12.7. The number of amides is 1. The normalized spacial score (nSPS) is 10.5. The van der Waals surface area contributed by atoms with Gasteiger partial charge in [-0.15, -0.1) is 10.2 Å². The second kappa shape index (κ2) is 6.21. The summed E-state index contributed by atoms with van der Waals surface area (Å²) < 4.78 is 13.7. The molecule has 3 aromatic rings. The van der Waals surface area contributed by atoms with E-state index < -0.39 is 0 Å². The zero-order valence-electron chi connectivity index (χ0n) is 11.1. The molecule has 0 unspecified atom stereocenters. The van der Waals surface area contributed by atoms with Crippen LogP contribution in [0.2, 0.25) is 5.02 Å². The number of nitrogens with one attached hydrogen (secondary N) is 1. The highest BCUT2D eigenvalue weighted by molar-refractivity contribution is 7.18. The molecule has 2 aromatic carbocycles. The van der Waals surface area contributed by atoms with E-state index in [-0.39, 0.29) is 16.9 Å². The largest absolute Gasteiger partial charge is 0.296 e. The summed E-state index contributed by atoms with van der Waals surface area (Å²) in [4.78, 5) is 12.1. The van der Waals surface area contributed by atoms with Crippen LogP contribution in [0.15, 0.2) is 48.5 Å². The van der Waals surface area contributed by atoms with Gasteiger partial charge in [0.1, 0.15) is 5.82 Å². The standard InChI is InChI=1S/C15H9ClFN3OS/c16-11-7-3-1-5-9(11)13(21)18-15-20-19-14(22-15)10-6-2-4-8-12(10)17/h1-8H,(H,18,20,21). The van der Waals surface area contributed by atoms with Gasteiger partial charge in [-0.05, 0) is 24.3 Å². The molecule has 1 heterocycles. The van der Waals surface area contributed by atoms with E-state index >= 15 is 0 Å². The lowest BCUT2D eigenvalue weighted by atomic mass is 10.2. The molecule has 0 aliphatic rings. The highest BCUT2D eigenvalue weighted by Gasteiger charge is 2.14. The van der Waals surface area contributed by atoms with Crippen LogP contribution in [0.1, 0.15) is 10.4 Å². The van der Waals surface area contributed by atoms with E-state index in [0.29, 0.717) is 21.2 Å². The first-order chi connectivity index (χ1) is 10.6. The fraction of sp³-hybridized carbons (Fsp3) is 0. The fourth-order valence-electron chi connectivity index (χ4n) is 1.83. The average molecular weight is 334 g/mol. The number of halogens is 2. The number of aromatic nitrogens is 2. The summed E-state index contributed by atoms with van der Waals surface area (Å²) >= 11 is 7.06. The minimum absolute atomic E-state index is 0.281. The summed E-state index contributed by atoms with van der Waals surface area (Å²) in [5.41, 5.74) is 0.685. The third-order valence-electron chi connectivity index (χ3n) is 2.87. The molecule has 3 rings (SSSR count). The smallest absolute Gasteiger partial charge is 0.259 e. The minimum Gasteiger partial charge on any atom is -0.296 e. The molecule has 22 heavy (non-hydrogen) atoms. The van der Waals surface area contributed by atoms with Gasteiger partial charge in [0.25, 0.3) is 5.91 Å². The molecule has 0 saturated carbocycles. The SMILES string of the molecule is O=C(Nc1nnc(-c2ccccc2F)s1)c1ccccc1Cl. The van der Waals surface area contributed by atoms with Crippen LogP contribution in [0.25, 0.3) is 10.6 Å². The van der Waals surface area contributed by atoms with Gasteiger partial charge in [0.05, 0.1) is 10.6 Å². The molecule has 0 fully saturated rings. The first-order valence-corrected chi connectivity index (χ1v) is 7.49. The van der Waals surface area contributed by atoms with E-state index in [1.54, 1.807) is 42.5 Å². The van der Waals surface area contributed by atoms with Gasteiger partial charge in [0, 0.05) is 5.56 Å². The molecule has 0 radical (unpaired) electrons.